The Balaban J connectivity index is 0.00000324. The molecule has 1 fully saturated rings. The first-order chi connectivity index (χ1) is 8.63. The quantitative estimate of drug-likeness (QED) is 0.657. The van der Waals surface area contributed by atoms with Crippen LogP contribution in [0.5, 0.6) is 0 Å². The standard InChI is InChI=1S/C13H26N2O3.ClH/c1-10(2)5-7-17-8-6-15-13(16)12-4-3-11(9-14)18-12;/h10-12H,3-9,14H2,1-2H3,(H,15,16);1H/t11-,12+;/m1./s1. The van der Waals surface area contributed by atoms with Gasteiger partial charge in [-0.3, -0.25) is 4.79 Å². The Labute approximate surface area is 122 Å². The van der Waals surface area contributed by atoms with Crippen LogP contribution in [-0.4, -0.2) is 44.4 Å². The fraction of sp³-hybridized carbons (Fsp3) is 0.923. The number of nitrogens with two attached hydrogens (primary N) is 1. The Morgan fingerprint density at radius 3 is 2.74 bits per heavy atom. The van der Waals surface area contributed by atoms with Gasteiger partial charge in [0.1, 0.15) is 6.10 Å². The van der Waals surface area contributed by atoms with Crippen LogP contribution in [0.25, 0.3) is 0 Å². The van der Waals surface area contributed by atoms with E-state index in [1.807, 2.05) is 0 Å². The van der Waals surface area contributed by atoms with Crippen molar-refractivity contribution >= 4 is 18.3 Å². The molecule has 114 valence electrons. The Morgan fingerprint density at radius 1 is 1.42 bits per heavy atom. The van der Waals surface area contributed by atoms with E-state index in [1.54, 1.807) is 0 Å². The lowest BCUT2D eigenvalue weighted by Gasteiger charge is -2.13. The molecule has 1 amide bonds. The fourth-order valence-electron chi connectivity index (χ4n) is 1.85. The minimum atomic E-state index is -0.325. The van der Waals surface area contributed by atoms with Gasteiger partial charge in [0.2, 0.25) is 5.91 Å². The zero-order chi connectivity index (χ0) is 13.4. The largest absolute Gasteiger partial charge is 0.380 e. The molecule has 6 heteroatoms. The Hall–Kier alpha value is -0.360. The van der Waals surface area contributed by atoms with Crippen LogP contribution in [0.1, 0.15) is 33.1 Å². The Bertz CT molecular complexity index is 252. The predicted molar refractivity (Wildman–Crippen MR) is 77.5 cm³/mol. The van der Waals surface area contributed by atoms with Crippen LogP contribution in [0.15, 0.2) is 0 Å². The second kappa shape index (κ2) is 10.4. The molecule has 0 spiro atoms. The lowest BCUT2D eigenvalue weighted by Crippen LogP contribution is -2.37. The highest BCUT2D eigenvalue weighted by atomic mass is 35.5. The van der Waals surface area contributed by atoms with Crippen LogP contribution >= 0.6 is 12.4 Å². The molecule has 0 aromatic rings. The summed E-state index contributed by atoms with van der Waals surface area (Å²) in [7, 11) is 0. The molecular weight excluding hydrogens is 268 g/mol. The van der Waals surface area contributed by atoms with Crippen molar-refractivity contribution in [1.29, 1.82) is 0 Å². The first kappa shape index (κ1) is 18.6. The summed E-state index contributed by atoms with van der Waals surface area (Å²) in [6.45, 7) is 6.67. The van der Waals surface area contributed by atoms with Crippen molar-refractivity contribution in [1.82, 2.24) is 5.32 Å². The van der Waals surface area contributed by atoms with Gasteiger partial charge in [0, 0.05) is 19.7 Å². The highest BCUT2D eigenvalue weighted by molar-refractivity contribution is 5.85. The smallest absolute Gasteiger partial charge is 0.249 e. The van der Waals surface area contributed by atoms with E-state index in [1.165, 1.54) is 0 Å². The lowest BCUT2D eigenvalue weighted by atomic mass is 10.1. The number of amides is 1. The fourth-order valence-corrected chi connectivity index (χ4v) is 1.85. The molecule has 0 unspecified atom stereocenters. The van der Waals surface area contributed by atoms with Crippen LogP contribution in [-0.2, 0) is 14.3 Å². The molecule has 0 aromatic carbocycles. The molecule has 0 bridgehead atoms. The van der Waals surface area contributed by atoms with Gasteiger partial charge in [-0.05, 0) is 25.2 Å². The van der Waals surface area contributed by atoms with E-state index < -0.39 is 0 Å². The minimum absolute atomic E-state index is 0. The zero-order valence-electron chi connectivity index (χ0n) is 11.9. The maximum atomic E-state index is 11.7. The number of carbonyl (C=O) groups excluding carboxylic acids is 1. The third kappa shape index (κ3) is 7.72. The topological polar surface area (TPSA) is 73.6 Å². The zero-order valence-corrected chi connectivity index (χ0v) is 12.7. The molecule has 19 heavy (non-hydrogen) atoms. The first-order valence-electron chi connectivity index (χ1n) is 6.84. The van der Waals surface area contributed by atoms with Crippen molar-refractivity contribution in [3.05, 3.63) is 0 Å². The first-order valence-corrected chi connectivity index (χ1v) is 6.84. The van der Waals surface area contributed by atoms with E-state index in [2.05, 4.69) is 19.2 Å². The van der Waals surface area contributed by atoms with Gasteiger partial charge in [0.25, 0.3) is 0 Å². The predicted octanol–water partition coefficient (Wildman–Crippen LogP) is 1.09. The summed E-state index contributed by atoms with van der Waals surface area (Å²) >= 11 is 0. The molecule has 0 aromatic heterocycles. The van der Waals surface area contributed by atoms with Crippen LogP contribution in [0.4, 0.5) is 0 Å². The maximum absolute atomic E-state index is 11.7. The van der Waals surface area contributed by atoms with Gasteiger partial charge in [0.15, 0.2) is 0 Å². The lowest BCUT2D eigenvalue weighted by molar-refractivity contribution is -0.132. The summed E-state index contributed by atoms with van der Waals surface area (Å²) in [5, 5.41) is 2.83. The third-order valence-electron chi connectivity index (χ3n) is 3.05. The molecule has 0 aliphatic carbocycles. The van der Waals surface area contributed by atoms with E-state index in [9.17, 15) is 4.79 Å². The second-order valence-corrected chi connectivity index (χ2v) is 5.15. The van der Waals surface area contributed by atoms with E-state index in [0.29, 0.717) is 25.6 Å². The normalized spacial score (nSPS) is 22.3. The minimum Gasteiger partial charge on any atom is -0.380 e. The van der Waals surface area contributed by atoms with E-state index in [0.717, 1.165) is 25.9 Å². The average Bonchev–Trinajstić information content (AvgIpc) is 2.81. The van der Waals surface area contributed by atoms with Crippen LogP contribution in [0.3, 0.4) is 0 Å². The van der Waals surface area contributed by atoms with Crippen LogP contribution in [0.2, 0.25) is 0 Å². The number of halogens is 1. The van der Waals surface area contributed by atoms with E-state index >= 15 is 0 Å². The molecule has 2 atom stereocenters. The van der Waals surface area contributed by atoms with Gasteiger partial charge in [-0.25, -0.2) is 0 Å². The highest BCUT2D eigenvalue weighted by Gasteiger charge is 2.29. The SMILES string of the molecule is CC(C)CCOCCNC(=O)[C@@H]1CC[C@H](CN)O1.Cl. The van der Waals surface area contributed by atoms with Crippen molar-refractivity contribution in [3.63, 3.8) is 0 Å². The number of nitrogens with one attached hydrogen (secondary N) is 1. The van der Waals surface area contributed by atoms with E-state index in [4.69, 9.17) is 15.2 Å². The Kier molecular flexibility index (Phi) is 10.2. The monoisotopic (exact) mass is 294 g/mol. The molecule has 5 nitrogen and oxygen atoms in total. The van der Waals surface area contributed by atoms with Gasteiger partial charge < -0.3 is 20.5 Å². The number of carbonyl (C=O) groups is 1. The van der Waals surface area contributed by atoms with Crippen molar-refractivity contribution in [2.24, 2.45) is 11.7 Å². The molecule has 0 saturated carbocycles. The number of hydrogen-bond donors (Lipinski definition) is 2. The van der Waals surface area contributed by atoms with Crippen molar-refractivity contribution in [2.45, 2.75) is 45.3 Å². The van der Waals surface area contributed by atoms with Crippen molar-refractivity contribution < 1.29 is 14.3 Å². The molecule has 0 radical (unpaired) electrons. The summed E-state index contributed by atoms with van der Waals surface area (Å²) in [5.74, 6) is 0.609. The summed E-state index contributed by atoms with van der Waals surface area (Å²) in [4.78, 5) is 11.7. The molecular formula is C13H27ClN2O3. The van der Waals surface area contributed by atoms with E-state index in [-0.39, 0.29) is 30.5 Å². The molecule has 1 heterocycles. The summed E-state index contributed by atoms with van der Waals surface area (Å²) in [5.41, 5.74) is 5.50. The van der Waals surface area contributed by atoms with Gasteiger partial charge in [-0.2, -0.15) is 0 Å². The number of hydrogen-bond acceptors (Lipinski definition) is 4. The third-order valence-corrected chi connectivity index (χ3v) is 3.05. The Morgan fingerprint density at radius 2 is 2.16 bits per heavy atom. The van der Waals surface area contributed by atoms with Crippen molar-refractivity contribution in [2.75, 3.05) is 26.3 Å². The maximum Gasteiger partial charge on any atom is 0.249 e. The van der Waals surface area contributed by atoms with Crippen molar-refractivity contribution in [3.8, 4) is 0 Å². The highest BCUT2D eigenvalue weighted by Crippen LogP contribution is 2.18. The second-order valence-electron chi connectivity index (χ2n) is 5.15. The molecule has 1 aliphatic rings. The molecule has 1 rings (SSSR count). The molecule has 3 N–H and O–H groups in total. The van der Waals surface area contributed by atoms with Gasteiger partial charge in [-0.1, -0.05) is 13.8 Å². The van der Waals surface area contributed by atoms with Gasteiger partial charge >= 0.3 is 0 Å². The summed E-state index contributed by atoms with van der Waals surface area (Å²) < 4.78 is 10.9. The summed E-state index contributed by atoms with van der Waals surface area (Å²) in [6.07, 6.45) is 2.41. The van der Waals surface area contributed by atoms with Gasteiger partial charge in [0.05, 0.1) is 12.7 Å². The average molecular weight is 295 g/mol. The molecule has 1 saturated heterocycles. The number of ether oxygens (including phenoxy) is 2. The van der Waals surface area contributed by atoms with Crippen LogP contribution in [0, 0.1) is 5.92 Å². The van der Waals surface area contributed by atoms with Crippen LogP contribution < -0.4 is 11.1 Å². The number of rotatable bonds is 8. The molecule has 1 aliphatic heterocycles. The van der Waals surface area contributed by atoms with Gasteiger partial charge in [-0.15, -0.1) is 12.4 Å². The summed E-state index contributed by atoms with van der Waals surface area (Å²) in [6, 6.07) is 0.